The fraction of sp³-hybridized carbons (Fsp3) is 0.480. The Bertz CT molecular complexity index is 873. The summed E-state index contributed by atoms with van der Waals surface area (Å²) in [6.45, 7) is 6.98. The van der Waals surface area contributed by atoms with Crippen LogP contribution in [0.5, 0.6) is 11.5 Å². The molecule has 1 unspecified atom stereocenters. The first kappa shape index (κ1) is 27.2. The number of benzene rings is 2. The number of halogens is 1. The Morgan fingerprint density at radius 2 is 1.85 bits per heavy atom. The first-order chi connectivity index (χ1) is 15.6. The average molecular weight is 569 g/mol. The number of hydrogen-bond donors (Lipinski definition) is 3. The quantitative estimate of drug-likeness (QED) is 0.233. The smallest absolute Gasteiger partial charge is 0.195 e. The number of nitrogens with one attached hydrogen (secondary N) is 3. The average Bonchev–Trinajstić information content (AvgIpc) is 2.83. The van der Waals surface area contributed by atoms with Gasteiger partial charge >= 0.3 is 0 Å². The lowest BCUT2D eigenvalue weighted by Gasteiger charge is -2.41. The highest BCUT2D eigenvalue weighted by Gasteiger charge is 2.34. The second-order valence-electron chi connectivity index (χ2n) is 8.02. The van der Waals surface area contributed by atoms with Gasteiger partial charge in [-0.2, -0.15) is 0 Å². The molecule has 1 aliphatic heterocycles. The van der Waals surface area contributed by atoms with E-state index in [2.05, 4.69) is 52.1 Å². The molecule has 1 heterocycles. The second-order valence-corrected chi connectivity index (χ2v) is 8.02. The minimum absolute atomic E-state index is 0. The molecule has 3 rings (SSSR count). The summed E-state index contributed by atoms with van der Waals surface area (Å²) in [5, 5.41) is 10.8. The van der Waals surface area contributed by atoms with Gasteiger partial charge in [0, 0.05) is 50.1 Å². The molecule has 3 N–H and O–H groups in total. The van der Waals surface area contributed by atoms with E-state index in [1.54, 1.807) is 14.2 Å². The van der Waals surface area contributed by atoms with E-state index in [0.717, 1.165) is 38.3 Å². The predicted molar refractivity (Wildman–Crippen MR) is 145 cm³/mol. The first-order valence-electron chi connectivity index (χ1n) is 11.3. The van der Waals surface area contributed by atoms with Crippen molar-refractivity contribution in [1.29, 1.82) is 0 Å². The molecule has 33 heavy (non-hydrogen) atoms. The van der Waals surface area contributed by atoms with Crippen LogP contribution in [0.15, 0.2) is 53.5 Å². The normalized spacial score (nSPS) is 16.3. The third-order valence-electron chi connectivity index (χ3n) is 5.82. The molecule has 0 amide bonds. The van der Waals surface area contributed by atoms with E-state index in [9.17, 15) is 0 Å². The Morgan fingerprint density at radius 1 is 1.12 bits per heavy atom. The monoisotopic (exact) mass is 568 g/mol. The summed E-state index contributed by atoms with van der Waals surface area (Å²) in [7, 11) is 3.42. The Morgan fingerprint density at radius 3 is 2.48 bits per heavy atom. The zero-order valence-electron chi connectivity index (χ0n) is 20.0. The van der Waals surface area contributed by atoms with E-state index in [1.807, 2.05) is 31.2 Å². The minimum atomic E-state index is -0.0818. The first-order valence-corrected chi connectivity index (χ1v) is 11.3. The van der Waals surface area contributed by atoms with Gasteiger partial charge in [-0.3, -0.25) is 4.99 Å². The van der Waals surface area contributed by atoms with Crippen LogP contribution in [-0.4, -0.2) is 52.0 Å². The van der Waals surface area contributed by atoms with E-state index < -0.39 is 0 Å². The van der Waals surface area contributed by atoms with E-state index in [1.165, 1.54) is 5.56 Å². The van der Waals surface area contributed by atoms with Crippen LogP contribution in [-0.2, 0) is 4.74 Å². The van der Waals surface area contributed by atoms with Crippen LogP contribution >= 0.6 is 24.0 Å². The van der Waals surface area contributed by atoms with Crippen LogP contribution in [0.4, 0.5) is 5.69 Å². The Balaban J connectivity index is 0.00000385. The molecular weight excluding hydrogens is 531 g/mol. The van der Waals surface area contributed by atoms with Crippen molar-refractivity contribution in [3.63, 3.8) is 0 Å². The molecule has 1 saturated heterocycles. The lowest BCUT2D eigenvalue weighted by molar-refractivity contribution is 0.0355. The minimum Gasteiger partial charge on any atom is -0.493 e. The maximum Gasteiger partial charge on any atom is 0.195 e. The zero-order chi connectivity index (χ0) is 22.8. The number of anilines is 1. The maximum absolute atomic E-state index is 5.69. The molecule has 0 aromatic heterocycles. The topological polar surface area (TPSA) is 76.1 Å². The van der Waals surface area contributed by atoms with Gasteiger partial charge in [0.05, 0.1) is 13.7 Å². The predicted octanol–water partition coefficient (Wildman–Crippen LogP) is 4.60. The van der Waals surface area contributed by atoms with Crippen molar-refractivity contribution < 1.29 is 14.2 Å². The van der Waals surface area contributed by atoms with E-state index in [-0.39, 0.29) is 35.6 Å². The number of methoxy groups -OCH3 is 1. The Hall–Kier alpha value is -2.04. The molecule has 0 radical (unpaired) electrons. The summed E-state index contributed by atoms with van der Waals surface area (Å²) in [6.07, 6.45) is 1.87. The second kappa shape index (κ2) is 13.6. The van der Waals surface area contributed by atoms with Crippen LogP contribution < -0.4 is 25.4 Å². The Kier molecular flexibility index (Phi) is 11.2. The maximum atomic E-state index is 5.69. The number of ether oxygens (including phenoxy) is 3. The molecule has 1 fully saturated rings. The third kappa shape index (κ3) is 7.75. The van der Waals surface area contributed by atoms with Crippen molar-refractivity contribution in [3.8, 4) is 11.5 Å². The molecule has 8 heteroatoms. The van der Waals surface area contributed by atoms with E-state index in [4.69, 9.17) is 14.2 Å². The molecule has 0 aliphatic carbocycles. The lowest BCUT2D eigenvalue weighted by Crippen LogP contribution is -2.57. The van der Waals surface area contributed by atoms with Gasteiger partial charge in [0.25, 0.3) is 0 Å². The summed E-state index contributed by atoms with van der Waals surface area (Å²) >= 11 is 0. The highest BCUT2D eigenvalue weighted by molar-refractivity contribution is 14.0. The molecule has 0 saturated carbocycles. The zero-order valence-corrected chi connectivity index (χ0v) is 22.3. The number of hydrogen-bond acceptors (Lipinski definition) is 5. The third-order valence-corrected chi connectivity index (χ3v) is 5.82. The molecule has 0 bridgehead atoms. The highest BCUT2D eigenvalue weighted by Crippen LogP contribution is 2.30. The molecule has 1 aliphatic rings. The van der Waals surface area contributed by atoms with Gasteiger partial charge in [0.15, 0.2) is 17.5 Å². The van der Waals surface area contributed by atoms with Crippen LogP contribution in [0.1, 0.15) is 38.3 Å². The summed E-state index contributed by atoms with van der Waals surface area (Å²) in [4.78, 5) is 4.42. The van der Waals surface area contributed by atoms with Crippen LogP contribution in [0.25, 0.3) is 0 Å². The van der Waals surface area contributed by atoms with Crippen molar-refractivity contribution >= 4 is 35.6 Å². The van der Waals surface area contributed by atoms with Crippen molar-refractivity contribution in [1.82, 2.24) is 10.6 Å². The van der Waals surface area contributed by atoms with E-state index >= 15 is 0 Å². The summed E-state index contributed by atoms with van der Waals surface area (Å²) in [5.74, 6) is 2.12. The van der Waals surface area contributed by atoms with Gasteiger partial charge in [-0.25, -0.2) is 0 Å². The molecule has 2 aromatic carbocycles. The van der Waals surface area contributed by atoms with Gasteiger partial charge in [0.1, 0.15) is 0 Å². The van der Waals surface area contributed by atoms with Gasteiger partial charge in [0.2, 0.25) is 0 Å². The van der Waals surface area contributed by atoms with Crippen molar-refractivity contribution in [2.24, 2.45) is 4.99 Å². The number of nitrogens with zero attached hydrogens (tertiary/aromatic N) is 1. The van der Waals surface area contributed by atoms with Crippen molar-refractivity contribution in [3.05, 3.63) is 54.1 Å². The largest absolute Gasteiger partial charge is 0.493 e. The fourth-order valence-electron chi connectivity index (χ4n) is 4.01. The van der Waals surface area contributed by atoms with Crippen molar-refractivity contribution in [2.75, 3.05) is 45.8 Å². The van der Waals surface area contributed by atoms with Gasteiger partial charge in [-0.05, 0) is 44.4 Å². The number of aliphatic imine (C=N–C) groups is 1. The molecular formula is C25H37IN4O3. The van der Waals surface area contributed by atoms with Crippen LogP contribution in [0.2, 0.25) is 0 Å². The van der Waals surface area contributed by atoms with Gasteiger partial charge < -0.3 is 30.2 Å². The highest BCUT2D eigenvalue weighted by atomic mass is 127. The molecule has 0 spiro atoms. The lowest BCUT2D eigenvalue weighted by atomic mass is 9.88. The summed E-state index contributed by atoms with van der Waals surface area (Å²) in [6, 6.07) is 16.6. The van der Waals surface area contributed by atoms with Gasteiger partial charge in [-0.1, -0.05) is 30.3 Å². The molecule has 2 aromatic rings. The number of guanidine groups is 1. The Labute approximate surface area is 214 Å². The standard InChI is InChI=1S/C25H36N4O3.HI/c1-5-32-23-17-21(11-12-22(23)30-4)28-24(26-3)27-18-25(13-15-31-16-14-25)29-19(2)20-9-7-6-8-10-20;/h6-12,17,19,29H,5,13-16,18H2,1-4H3,(H2,26,27,28);1H. The number of rotatable bonds is 9. The molecule has 7 nitrogen and oxygen atoms in total. The van der Waals surface area contributed by atoms with Gasteiger partial charge in [-0.15, -0.1) is 24.0 Å². The van der Waals surface area contributed by atoms with Crippen LogP contribution in [0.3, 0.4) is 0 Å². The summed E-state index contributed by atoms with van der Waals surface area (Å²) < 4.78 is 16.7. The molecule has 1 atom stereocenters. The fourth-order valence-corrected chi connectivity index (χ4v) is 4.01. The molecule has 182 valence electrons. The van der Waals surface area contributed by atoms with Crippen LogP contribution in [0, 0.1) is 0 Å². The summed E-state index contributed by atoms with van der Waals surface area (Å²) in [5.41, 5.74) is 2.08. The van der Waals surface area contributed by atoms with Crippen molar-refractivity contribution in [2.45, 2.75) is 38.3 Å². The SMILES string of the molecule is CCOc1cc(NC(=NC)NCC2(NC(C)c3ccccc3)CCOCC2)ccc1OC.I. The van der Waals surface area contributed by atoms with E-state index in [0.29, 0.717) is 24.1 Å².